The molecule has 0 heterocycles. The maximum absolute atomic E-state index is 12.5. The number of anilines is 2. The van der Waals surface area contributed by atoms with Crippen LogP contribution in [0.1, 0.15) is 37.4 Å². The lowest BCUT2D eigenvalue weighted by atomic mass is 10.1. The van der Waals surface area contributed by atoms with Crippen LogP contribution in [0.3, 0.4) is 0 Å². The average Bonchev–Trinajstić information content (AvgIpc) is 3.08. The van der Waals surface area contributed by atoms with Gasteiger partial charge in [0.15, 0.2) is 0 Å². The molecule has 0 bridgehead atoms. The second-order valence-corrected chi connectivity index (χ2v) is 6.94. The highest BCUT2D eigenvalue weighted by atomic mass is 16.2. The molecule has 3 rings (SSSR count). The average molecular weight is 351 g/mol. The Morgan fingerprint density at radius 1 is 1.08 bits per heavy atom. The van der Waals surface area contributed by atoms with Gasteiger partial charge in [0.05, 0.1) is 6.54 Å². The number of amides is 1. The van der Waals surface area contributed by atoms with Crippen molar-refractivity contribution in [3.63, 3.8) is 0 Å². The zero-order chi connectivity index (χ0) is 18.5. The molecule has 1 amide bonds. The van der Waals surface area contributed by atoms with Gasteiger partial charge in [-0.1, -0.05) is 24.3 Å². The Kier molecular flexibility index (Phi) is 5.94. The van der Waals surface area contributed by atoms with Gasteiger partial charge in [-0.05, 0) is 69.1 Å². The molecule has 4 heteroatoms. The second-order valence-electron chi connectivity index (χ2n) is 6.94. The Labute approximate surface area is 156 Å². The molecule has 138 valence electrons. The van der Waals surface area contributed by atoms with E-state index < -0.39 is 0 Å². The van der Waals surface area contributed by atoms with Gasteiger partial charge < -0.3 is 10.2 Å². The van der Waals surface area contributed by atoms with Crippen LogP contribution < -0.4 is 10.2 Å². The topological polar surface area (TPSA) is 35.6 Å². The summed E-state index contributed by atoms with van der Waals surface area (Å²) in [7, 11) is 2.04. The minimum atomic E-state index is 0.0347. The third-order valence-corrected chi connectivity index (χ3v) is 5.31. The van der Waals surface area contributed by atoms with Gasteiger partial charge in [0, 0.05) is 30.5 Å². The number of benzene rings is 2. The van der Waals surface area contributed by atoms with Gasteiger partial charge in [0.25, 0.3) is 0 Å². The molecular formula is C22H29N3O. The van der Waals surface area contributed by atoms with Crippen LogP contribution in [0.15, 0.2) is 48.5 Å². The Hall–Kier alpha value is -2.33. The Bertz CT molecular complexity index is 737. The molecule has 1 N–H and O–H groups in total. The summed E-state index contributed by atoms with van der Waals surface area (Å²) in [5, 5.41) is 3.02. The lowest BCUT2D eigenvalue weighted by Gasteiger charge is -2.24. The molecule has 1 aliphatic carbocycles. The standard InChI is InChI=1S/C22H29N3O/c1-4-25(5-2)19-13-11-18(12-14-19)23-22(26)16-24(3)21-15-10-17-8-6-7-9-20(17)21/h6-9,11-14,21H,4-5,10,15-16H2,1-3H3,(H,23,26). The van der Waals surface area contributed by atoms with E-state index in [0.717, 1.165) is 31.6 Å². The summed E-state index contributed by atoms with van der Waals surface area (Å²) in [6.45, 7) is 6.66. The van der Waals surface area contributed by atoms with Gasteiger partial charge in [0.1, 0.15) is 0 Å². The van der Waals surface area contributed by atoms with Crippen molar-refractivity contribution >= 4 is 17.3 Å². The van der Waals surface area contributed by atoms with Crippen molar-refractivity contribution in [1.29, 1.82) is 0 Å². The quantitative estimate of drug-likeness (QED) is 0.816. The van der Waals surface area contributed by atoms with Crippen LogP contribution in [0.5, 0.6) is 0 Å². The van der Waals surface area contributed by atoms with Crippen LogP contribution in [-0.2, 0) is 11.2 Å². The monoisotopic (exact) mass is 351 g/mol. The van der Waals surface area contributed by atoms with Crippen molar-refractivity contribution in [3.05, 3.63) is 59.7 Å². The van der Waals surface area contributed by atoms with Crippen molar-refractivity contribution in [3.8, 4) is 0 Å². The minimum absolute atomic E-state index is 0.0347. The zero-order valence-corrected chi connectivity index (χ0v) is 16.0. The van der Waals surface area contributed by atoms with Gasteiger partial charge in [-0.25, -0.2) is 0 Å². The molecule has 0 spiro atoms. The Morgan fingerprint density at radius 3 is 2.46 bits per heavy atom. The van der Waals surface area contributed by atoms with E-state index >= 15 is 0 Å². The van der Waals surface area contributed by atoms with Crippen LogP contribution in [0.2, 0.25) is 0 Å². The summed E-state index contributed by atoms with van der Waals surface area (Å²) in [5.41, 5.74) is 4.82. The molecule has 0 fully saturated rings. The molecular weight excluding hydrogens is 322 g/mol. The summed E-state index contributed by atoms with van der Waals surface area (Å²) in [6.07, 6.45) is 2.18. The fourth-order valence-corrected chi connectivity index (χ4v) is 3.87. The Morgan fingerprint density at radius 2 is 1.77 bits per heavy atom. The predicted molar refractivity (Wildman–Crippen MR) is 109 cm³/mol. The molecule has 0 saturated carbocycles. The van der Waals surface area contributed by atoms with Gasteiger partial charge in [-0.3, -0.25) is 9.69 Å². The molecule has 1 atom stereocenters. The maximum Gasteiger partial charge on any atom is 0.238 e. The van der Waals surface area contributed by atoms with Gasteiger partial charge in [0.2, 0.25) is 5.91 Å². The van der Waals surface area contributed by atoms with E-state index in [9.17, 15) is 4.79 Å². The third kappa shape index (κ3) is 4.07. The first kappa shape index (κ1) is 18.5. The molecule has 0 radical (unpaired) electrons. The molecule has 26 heavy (non-hydrogen) atoms. The number of fused-ring (bicyclic) bond motifs is 1. The number of nitrogens with one attached hydrogen (secondary N) is 1. The van der Waals surface area contributed by atoms with Gasteiger partial charge in [-0.2, -0.15) is 0 Å². The van der Waals surface area contributed by atoms with Crippen molar-refractivity contribution in [2.45, 2.75) is 32.7 Å². The van der Waals surface area contributed by atoms with Crippen molar-refractivity contribution in [2.24, 2.45) is 0 Å². The molecule has 2 aromatic carbocycles. The zero-order valence-electron chi connectivity index (χ0n) is 16.0. The highest BCUT2D eigenvalue weighted by molar-refractivity contribution is 5.92. The highest BCUT2D eigenvalue weighted by Crippen LogP contribution is 2.34. The van der Waals surface area contributed by atoms with Crippen LogP contribution >= 0.6 is 0 Å². The number of nitrogens with zero attached hydrogens (tertiary/aromatic N) is 2. The SMILES string of the molecule is CCN(CC)c1ccc(NC(=O)CN(C)C2CCc3ccccc32)cc1. The number of hydrogen-bond acceptors (Lipinski definition) is 3. The van der Waals surface area contributed by atoms with E-state index in [2.05, 4.69) is 65.4 Å². The first-order valence-corrected chi connectivity index (χ1v) is 9.55. The number of aryl methyl sites for hydroxylation is 1. The highest BCUT2D eigenvalue weighted by Gasteiger charge is 2.26. The van der Waals surface area contributed by atoms with E-state index in [-0.39, 0.29) is 5.91 Å². The number of likely N-dealkylation sites (N-methyl/N-ethyl adjacent to an activating group) is 1. The van der Waals surface area contributed by atoms with Crippen LogP contribution in [0, 0.1) is 0 Å². The van der Waals surface area contributed by atoms with Gasteiger partial charge in [-0.15, -0.1) is 0 Å². The van der Waals surface area contributed by atoms with E-state index in [1.54, 1.807) is 0 Å². The van der Waals surface area contributed by atoms with Crippen LogP contribution in [0.4, 0.5) is 11.4 Å². The fraction of sp³-hybridized carbons (Fsp3) is 0.409. The smallest absolute Gasteiger partial charge is 0.238 e. The summed E-state index contributed by atoms with van der Waals surface area (Å²) < 4.78 is 0. The summed E-state index contributed by atoms with van der Waals surface area (Å²) in [4.78, 5) is 16.9. The summed E-state index contributed by atoms with van der Waals surface area (Å²) in [5.74, 6) is 0.0347. The minimum Gasteiger partial charge on any atom is -0.372 e. The summed E-state index contributed by atoms with van der Waals surface area (Å²) >= 11 is 0. The molecule has 0 aromatic heterocycles. The largest absolute Gasteiger partial charge is 0.372 e. The Balaban J connectivity index is 1.57. The molecule has 2 aromatic rings. The van der Waals surface area contributed by atoms with Crippen molar-refractivity contribution in [1.82, 2.24) is 4.90 Å². The van der Waals surface area contributed by atoms with E-state index in [4.69, 9.17) is 0 Å². The predicted octanol–water partition coefficient (Wildman–Crippen LogP) is 4.09. The molecule has 0 aliphatic heterocycles. The molecule has 1 unspecified atom stereocenters. The molecule has 1 aliphatic rings. The second kappa shape index (κ2) is 8.37. The normalized spacial score (nSPS) is 15.8. The lowest BCUT2D eigenvalue weighted by Crippen LogP contribution is -2.32. The van der Waals surface area contributed by atoms with Crippen molar-refractivity contribution in [2.75, 3.05) is 36.9 Å². The van der Waals surface area contributed by atoms with E-state index in [1.807, 2.05) is 19.2 Å². The number of hydrogen-bond donors (Lipinski definition) is 1. The number of carbonyl (C=O) groups excluding carboxylic acids is 1. The van der Waals surface area contributed by atoms with Crippen molar-refractivity contribution < 1.29 is 4.79 Å². The number of carbonyl (C=O) groups is 1. The van der Waals surface area contributed by atoms with Gasteiger partial charge >= 0.3 is 0 Å². The van der Waals surface area contributed by atoms with E-state index in [1.165, 1.54) is 16.8 Å². The third-order valence-electron chi connectivity index (χ3n) is 5.31. The number of rotatable bonds is 7. The molecule has 0 saturated heterocycles. The molecule has 4 nitrogen and oxygen atoms in total. The maximum atomic E-state index is 12.5. The lowest BCUT2D eigenvalue weighted by molar-refractivity contribution is -0.117. The first-order chi connectivity index (χ1) is 12.6. The fourth-order valence-electron chi connectivity index (χ4n) is 3.87. The summed E-state index contributed by atoms with van der Waals surface area (Å²) in [6, 6.07) is 17.0. The first-order valence-electron chi connectivity index (χ1n) is 9.55. The van der Waals surface area contributed by atoms with Crippen LogP contribution in [-0.4, -0.2) is 37.5 Å². The van der Waals surface area contributed by atoms with E-state index in [0.29, 0.717) is 12.6 Å². The van der Waals surface area contributed by atoms with Crippen LogP contribution in [0.25, 0.3) is 0 Å².